The van der Waals surface area contributed by atoms with Crippen LogP contribution in [0.25, 0.3) is 0 Å². The molecular weight excluding hydrogens is 212 g/mol. The van der Waals surface area contributed by atoms with Gasteiger partial charge in [0, 0.05) is 0 Å². The maximum atomic E-state index is 11.9. The van der Waals surface area contributed by atoms with E-state index >= 15 is 0 Å². The minimum absolute atomic E-state index is 0.103. The van der Waals surface area contributed by atoms with Crippen molar-refractivity contribution in [2.45, 2.75) is 39.3 Å². The van der Waals surface area contributed by atoms with Crippen molar-refractivity contribution in [3.8, 4) is 0 Å². The lowest BCUT2D eigenvalue weighted by Crippen LogP contribution is -2.50. The van der Waals surface area contributed by atoms with Crippen LogP contribution in [-0.2, 0) is 10.3 Å². The van der Waals surface area contributed by atoms with Crippen LogP contribution >= 0.6 is 0 Å². The molecule has 0 aliphatic heterocycles. The van der Waals surface area contributed by atoms with E-state index in [2.05, 4.69) is 5.32 Å². The monoisotopic (exact) mass is 234 g/mol. The van der Waals surface area contributed by atoms with Crippen LogP contribution in [0.5, 0.6) is 0 Å². The third-order valence-electron chi connectivity index (χ3n) is 2.95. The summed E-state index contributed by atoms with van der Waals surface area (Å²) in [5.41, 5.74) is 6.51. The van der Waals surface area contributed by atoms with Gasteiger partial charge in [0.1, 0.15) is 0 Å². The molecule has 0 unspecified atom stereocenters. The lowest BCUT2D eigenvalue weighted by Gasteiger charge is -2.29. The van der Waals surface area contributed by atoms with Gasteiger partial charge in [0.05, 0.1) is 11.6 Å². The third kappa shape index (κ3) is 3.56. The number of hydrogen-bond donors (Lipinski definition) is 2. The van der Waals surface area contributed by atoms with Gasteiger partial charge in [-0.2, -0.15) is 0 Å². The van der Waals surface area contributed by atoms with Gasteiger partial charge in [-0.3, -0.25) is 4.79 Å². The Morgan fingerprint density at radius 1 is 1.24 bits per heavy atom. The number of rotatable bonds is 4. The predicted molar refractivity (Wildman–Crippen MR) is 70.4 cm³/mol. The van der Waals surface area contributed by atoms with E-state index in [4.69, 9.17) is 5.73 Å². The van der Waals surface area contributed by atoms with Gasteiger partial charge in [0.15, 0.2) is 0 Å². The first-order valence-corrected chi connectivity index (χ1v) is 5.97. The van der Waals surface area contributed by atoms with Crippen molar-refractivity contribution in [1.82, 2.24) is 5.32 Å². The van der Waals surface area contributed by atoms with Gasteiger partial charge < -0.3 is 11.1 Å². The first kappa shape index (κ1) is 13.7. The standard InChI is InChI=1S/C14H22N2O/c1-10(2)12(15)13(17)16-14(3,4)11-8-6-5-7-9-11/h5-10,12H,15H2,1-4H3,(H,16,17)/t12-/m1/s1. The number of nitrogens with two attached hydrogens (primary N) is 1. The summed E-state index contributed by atoms with van der Waals surface area (Å²) in [5, 5.41) is 2.99. The summed E-state index contributed by atoms with van der Waals surface area (Å²) in [7, 11) is 0. The molecule has 3 heteroatoms. The Labute approximate surface area is 103 Å². The molecule has 3 N–H and O–H groups in total. The Bertz CT molecular complexity index is 371. The fourth-order valence-electron chi connectivity index (χ4n) is 1.62. The molecule has 1 aromatic rings. The van der Waals surface area contributed by atoms with Crippen LogP contribution < -0.4 is 11.1 Å². The summed E-state index contributed by atoms with van der Waals surface area (Å²) in [6.07, 6.45) is 0. The number of carbonyl (C=O) groups excluding carboxylic acids is 1. The highest BCUT2D eigenvalue weighted by Gasteiger charge is 2.26. The van der Waals surface area contributed by atoms with Crippen LogP contribution in [0.1, 0.15) is 33.3 Å². The van der Waals surface area contributed by atoms with E-state index in [0.717, 1.165) is 5.56 Å². The van der Waals surface area contributed by atoms with Crippen molar-refractivity contribution in [3.63, 3.8) is 0 Å². The van der Waals surface area contributed by atoms with Crippen molar-refractivity contribution in [2.75, 3.05) is 0 Å². The first-order chi connectivity index (χ1) is 7.84. The van der Waals surface area contributed by atoms with Gasteiger partial charge in [0.2, 0.25) is 5.91 Å². The smallest absolute Gasteiger partial charge is 0.237 e. The Morgan fingerprint density at radius 2 is 1.76 bits per heavy atom. The summed E-state index contributed by atoms with van der Waals surface area (Å²) < 4.78 is 0. The fraction of sp³-hybridized carbons (Fsp3) is 0.500. The minimum atomic E-state index is -0.460. The number of benzene rings is 1. The van der Waals surface area contributed by atoms with Crippen LogP contribution in [0.4, 0.5) is 0 Å². The molecule has 0 saturated carbocycles. The maximum absolute atomic E-state index is 11.9. The maximum Gasteiger partial charge on any atom is 0.237 e. The van der Waals surface area contributed by atoms with Crippen molar-refractivity contribution in [3.05, 3.63) is 35.9 Å². The first-order valence-electron chi connectivity index (χ1n) is 5.97. The van der Waals surface area contributed by atoms with Gasteiger partial charge in [-0.05, 0) is 25.3 Å². The molecule has 0 spiro atoms. The predicted octanol–water partition coefficient (Wildman–Crippen LogP) is 2.02. The molecule has 0 aliphatic carbocycles. The number of nitrogens with one attached hydrogen (secondary N) is 1. The van der Waals surface area contributed by atoms with Crippen LogP contribution in [0.2, 0.25) is 0 Å². The van der Waals surface area contributed by atoms with Crippen LogP contribution in [0, 0.1) is 5.92 Å². The van der Waals surface area contributed by atoms with Gasteiger partial charge in [-0.25, -0.2) is 0 Å². The second-order valence-corrected chi connectivity index (χ2v) is 5.25. The Hall–Kier alpha value is -1.35. The average Bonchev–Trinajstić information content (AvgIpc) is 2.28. The van der Waals surface area contributed by atoms with Crippen LogP contribution in [0.15, 0.2) is 30.3 Å². The van der Waals surface area contributed by atoms with Crippen molar-refractivity contribution in [2.24, 2.45) is 11.7 Å². The zero-order valence-electron chi connectivity index (χ0n) is 11.0. The topological polar surface area (TPSA) is 55.1 Å². The average molecular weight is 234 g/mol. The highest BCUT2D eigenvalue weighted by Crippen LogP contribution is 2.19. The van der Waals surface area contributed by atoms with Crippen molar-refractivity contribution >= 4 is 5.91 Å². The highest BCUT2D eigenvalue weighted by atomic mass is 16.2. The molecule has 1 rings (SSSR count). The normalized spacial score (nSPS) is 13.5. The molecule has 3 nitrogen and oxygen atoms in total. The summed E-state index contributed by atoms with van der Waals surface area (Å²) in [5.74, 6) is 0.0374. The molecule has 0 aliphatic rings. The summed E-state index contributed by atoms with van der Waals surface area (Å²) >= 11 is 0. The van der Waals surface area contributed by atoms with Gasteiger partial charge in [-0.15, -0.1) is 0 Å². The second-order valence-electron chi connectivity index (χ2n) is 5.25. The van der Waals surface area contributed by atoms with E-state index in [1.807, 2.05) is 58.0 Å². The molecular formula is C14H22N2O. The largest absolute Gasteiger partial charge is 0.346 e. The van der Waals surface area contributed by atoms with Crippen LogP contribution in [0.3, 0.4) is 0 Å². The molecule has 0 fully saturated rings. The summed E-state index contributed by atoms with van der Waals surface area (Å²) in [6.45, 7) is 7.85. The molecule has 1 atom stereocenters. The summed E-state index contributed by atoms with van der Waals surface area (Å²) in [4.78, 5) is 11.9. The van der Waals surface area contributed by atoms with Crippen molar-refractivity contribution < 1.29 is 4.79 Å². The molecule has 1 aromatic carbocycles. The molecule has 17 heavy (non-hydrogen) atoms. The van der Waals surface area contributed by atoms with Gasteiger partial charge in [0.25, 0.3) is 0 Å². The molecule has 0 bridgehead atoms. The van der Waals surface area contributed by atoms with Gasteiger partial charge in [-0.1, -0.05) is 44.2 Å². The van der Waals surface area contributed by atoms with E-state index in [1.54, 1.807) is 0 Å². The molecule has 94 valence electrons. The van der Waals surface area contributed by atoms with E-state index < -0.39 is 11.6 Å². The Morgan fingerprint density at radius 3 is 2.24 bits per heavy atom. The number of carbonyl (C=O) groups is 1. The zero-order valence-corrected chi connectivity index (χ0v) is 11.0. The minimum Gasteiger partial charge on any atom is -0.346 e. The van der Waals surface area contributed by atoms with E-state index in [9.17, 15) is 4.79 Å². The SMILES string of the molecule is CC(C)[C@@H](N)C(=O)NC(C)(C)c1ccccc1. The van der Waals surface area contributed by atoms with Crippen molar-refractivity contribution in [1.29, 1.82) is 0 Å². The zero-order chi connectivity index (χ0) is 13.1. The van der Waals surface area contributed by atoms with E-state index in [-0.39, 0.29) is 11.8 Å². The Kier molecular flexibility index (Phi) is 4.29. The second kappa shape index (κ2) is 5.32. The lowest BCUT2D eigenvalue weighted by atomic mass is 9.93. The van der Waals surface area contributed by atoms with E-state index in [1.165, 1.54) is 0 Å². The number of amides is 1. The lowest BCUT2D eigenvalue weighted by molar-refractivity contribution is -0.124. The highest BCUT2D eigenvalue weighted by molar-refractivity contribution is 5.82. The quantitative estimate of drug-likeness (QED) is 0.837. The summed E-state index contributed by atoms with van der Waals surface area (Å²) in [6, 6.07) is 9.43. The number of hydrogen-bond acceptors (Lipinski definition) is 2. The molecule has 0 radical (unpaired) electrons. The van der Waals surface area contributed by atoms with Crippen LogP contribution in [-0.4, -0.2) is 11.9 Å². The molecule has 0 saturated heterocycles. The molecule has 0 heterocycles. The van der Waals surface area contributed by atoms with Gasteiger partial charge >= 0.3 is 0 Å². The third-order valence-corrected chi connectivity index (χ3v) is 2.95. The molecule has 0 aromatic heterocycles. The Balaban J connectivity index is 2.77. The van der Waals surface area contributed by atoms with E-state index in [0.29, 0.717) is 0 Å². The fourth-order valence-corrected chi connectivity index (χ4v) is 1.62. The molecule has 1 amide bonds.